The molecule has 1 amide bonds. The molecule has 0 fully saturated rings. The Morgan fingerprint density at radius 1 is 1.07 bits per heavy atom. The number of quaternary nitrogens is 1. The lowest BCUT2D eigenvalue weighted by Gasteiger charge is -2.32. The number of benzene rings is 3. The van der Waals surface area contributed by atoms with Gasteiger partial charge in [-0.05, 0) is 29.3 Å². The predicted molar refractivity (Wildman–Crippen MR) is 116 cm³/mol. The fourth-order valence-electron chi connectivity index (χ4n) is 4.13. The molecular weight excluding hydrogens is 378 g/mol. The van der Waals surface area contributed by atoms with E-state index in [0.717, 1.165) is 30.6 Å². The van der Waals surface area contributed by atoms with Crippen LogP contribution in [0.5, 0.6) is 0 Å². The first-order valence-electron chi connectivity index (χ1n) is 10.1. The molecule has 2 atom stereocenters. The number of nitrogens with zero attached hydrogens (tertiary/aromatic N) is 1. The molecule has 3 aromatic rings. The number of para-hydroxylation sites is 1. The van der Waals surface area contributed by atoms with Crippen molar-refractivity contribution in [1.82, 2.24) is 0 Å². The molecule has 2 N–H and O–H groups in total. The highest BCUT2D eigenvalue weighted by atomic mass is 16.6. The smallest absolute Gasteiger partial charge is 0.269 e. The van der Waals surface area contributed by atoms with Crippen LogP contribution >= 0.6 is 0 Å². The van der Waals surface area contributed by atoms with Crippen LogP contribution in [-0.4, -0.2) is 24.4 Å². The number of likely N-dealkylation sites (N-methyl/N-ethyl adjacent to an activating group) is 1. The van der Waals surface area contributed by atoms with Crippen LogP contribution in [0.3, 0.4) is 0 Å². The van der Waals surface area contributed by atoms with Crippen molar-refractivity contribution < 1.29 is 14.6 Å². The van der Waals surface area contributed by atoms with Gasteiger partial charge in [0.2, 0.25) is 0 Å². The summed E-state index contributed by atoms with van der Waals surface area (Å²) >= 11 is 0. The van der Waals surface area contributed by atoms with Gasteiger partial charge in [-0.25, -0.2) is 0 Å². The predicted octanol–water partition coefficient (Wildman–Crippen LogP) is 3.20. The van der Waals surface area contributed by atoms with Gasteiger partial charge >= 0.3 is 0 Å². The summed E-state index contributed by atoms with van der Waals surface area (Å²) in [5.74, 6) is -0.276. The summed E-state index contributed by atoms with van der Waals surface area (Å²) < 4.78 is 0. The molecule has 0 saturated carbocycles. The van der Waals surface area contributed by atoms with Crippen molar-refractivity contribution in [3.05, 3.63) is 105 Å². The zero-order valence-electron chi connectivity index (χ0n) is 16.8. The van der Waals surface area contributed by atoms with Crippen LogP contribution in [0.2, 0.25) is 0 Å². The summed E-state index contributed by atoms with van der Waals surface area (Å²) in [5.41, 5.74) is 4.99. The van der Waals surface area contributed by atoms with Crippen molar-refractivity contribution in [2.24, 2.45) is 0 Å². The number of carbonyl (C=O) groups is 1. The molecule has 0 aromatic heterocycles. The number of non-ortho nitro benzene ring substituents is 1. The number of amides is 1. The van der Waals surface area contributed by atoms with Crippen LogP contribution in [-0.2, 0) is 12.8 Å². The van der Waals surface area contributed by atoms with Crippen molar-refractivity contribution in [3.63, 3.8) is 0 Å². The Morgan fingerprint density at radius 2 is 1.77 bits per heavy atom. The average molecular weight is 402 g/mol. The Kier molecular flexibility index (Phi) is 5.59. The molecule has 0 radical (unpaired) electrons. The van der Waals surface area contributed by atoms with Gasteiger partial charge in [0.25, 0.3) is 11.6 Å². The Bertz CT molecular complexity index is 1080. The van der Waals surface area contributed by atoms with Crippen LogP contribution in [0.4, 0.5) is 11.4 Å². The number of nitro benzene ring substituents is 1. The molecule has 1 aliphatic heterocycles. The van der Waals surface area contributed by atoms with Crippen molar-refractivity contribution in [2.75, 3.05) is 18.9 Å². The number of rotatable bonds is 5. The van der Waals surface area contributed by atoms with Gasteiger partial charge in [-0.3, -0.25) is 14.9 Å². The molecular formula is C24H24N3O3+. The summed E-state index contributed by atoms with van der Waals surface area (Å²) in [6.07, 6.45) is 1.90. The highest BCUT2D eigenvalue weighted by Gasteiger charge is 2.28. The normalized spacial score (nSPS) is 17.8. The molecule has 1 aliphatic rings. The van der Waals surface area contributed by atoms with E-state index in [1.165, 1.54) is 40.3 Å². The maximum Gasteiger partial charge on any atom is 0.269 e. The van der Waals surface area contributed by atoms with E-state index in [1.54, 1.807) is 0 Å². The first-order valence-corrected chi connectivity index (χ1v) is 10.1. The SMILES string of the molecule is C[NH+]1CCc2ccccc2[C@H]1Cc1ccccc1NC(=O)c1ccc([N+](=O)[O-])cc1. The molecule has 0 saturated heterocycles. The maximum atomic E-state index is 12.7. The van der Waals surface area contributed by atoms with E-state index in [1.807, 2.05) is 18.2 Å². The van der Waals surface area contributed by atoms with Gasteiger partial charge in [0.15, 0.2) is 0 Å². The zero-order chi connectivity index (χ0) is 21.1. The molecule has 4 rings (SSSR count). The minimum atomic E-state index is -0.474. The van der Waals surface area contributed by atoms with Crippen LogP contribution in [0.25, 0.3) is 0 Å². The zero-order valence-corrected chi connectivity index (χ0v) is 16.8. The van der Waals surface area contributed by atoms with Gasteiger partial charge in [-0.2, -0.15) is 0 Å². The minimum Gasteiger partial charge on any atom is -0.331 e. The number of anilines is 1. The van der Waals surface area contributed by atoms with Gasteiger partial charge in [-0.1, -0.05) is 42.5 Å². The standard InChI is InChI=1S/C24H23N3O3/c1-26-15-14-17-6-2-4-8-21(17)23(26)16-19-7-3-5-9-22(19)25-24(28)18-10-12-20(13-11-18)27(29)30/h2-13,23H,14-16H2,1H3,(H,25,28)/p+1/t23-/m1/s1. The van der Waals surface area contributed by atoms with E-state index < -0.39 is 4.92 Å². The topological polar surface area (TPSA) is 76.7 Å². The van der Waals surface area contributed by atoms with Gasteiger partial charge in [0, 0.05) is 41.8 Å². The third-order valence-electron chi connectivity index (χ3n) is 5.84. The third-order valence-corrected chi connectivity index (χ3v) is 5.84. The van der Waals surface area contributed by atoms with Crippen molar-refractivity contribution in [1.29, 1.82) is 0 Å². The Balaban J connectivity index is 1.56. The van der Waals surface area contributed by atoms with Gasteiger partial charge in [0.1, 0.15) is 6.04 Å². The largest absolute Gasteiger partial charge is 0.331 e. The third kappa shape index (κ3) is 4.09. The quantitative estimate of drug-likeness (QED) is 0.508. The molecule has 30 heavy (non-hydrogen) atoms. The second kappa shape index (κ2) is 8.47. The number of nitro groups is 1. The summed E-state index contributed by atoms with van der Waals surface area (Å²) in [5, 5.41) is 13.8. The highest BCUT2D eigenvalue weighted by Crippen LogP contribution is 2.26. The summed E-state index contributed by atoms with van der Waals surface area (Å²) in [6.45, 7) is 1.08. The lowest BCUT2D eigenvalue weighted by atomic mass is 9.88. The molecule has 152 valence electrons. The maximum absolute atomic E-state index is 12.7. The average Bonchev–Trinajstić information content (AvgIpc) is 2.77. The summed E-state index contributed by atoms with van der Waals surface area (Å²) in [7, 11) is 2.22. The molecule has 0 aliphatic carbocycles. The Labute approximate surface area is 175 Å². The second-order valence-electron chi connectivity index (χ2n) is 7.72. The van der Waals surface area contributed by atoms with Crippen molar-refractivity contribution in [3.8, 4) is 0 Å². The fourth-order valence-corrected chi connectivity index (χ4v) is 4.13. The molecule has 3 aromatic carbocycles. The van der Waals surface area contributed by atoms with E-state index in [9.17, 15) is 14.9 Å². The number of hydrogen-bond donors (Lipinski definition) is 2. The number of hydrogen-bond acceptors (Lipinski definition) is 3. The fraction of sp³-hybridized carbons (Fsp3) is 0.208. The Hall–Kier alpha value is -3.51. The molecule has 0 spiro atoms. The van der Waals surface area contributed by atoms with Gasteiger partial charge < -0.3 is 10.2 Å². The number of carbonyl (C=O) groups excluding carboxylic acids is 1. The van der Waals surface area contributed by atoms with Crippen LogP contribution in [0.15, 0.2) is 72.8 Å². The first kappa shape index (κ1) is 19.8. The van der Waals surface area contributed by atoms with Crippen molar-refractivity contribution in [2.45, 2.75) is 18.9 Å². The van der Waals surface area contributed by atoms with E-state index in [4.69, 9.17) is 0 Å². The van der Waals surface area contributed by atoms with Crippen molar-refractivity contribution >= 4 is 17.3 Å². The second-order valence-corrected chi connectivity index (χ2v) is 7.72. The highest BCUT2D eigenvalue weighted by molar-refractivity contribution is 6.04. The summed E-state index contributed by atoms with van der Waals surface area (Å²) in [4.78, 5) is 24.5. The first-order chi connectivity index (χ1) is 14.5. The van der Waals surface area contributed by atoms with E-state index >= 15 is 0 Å². The van der Waals surface area contributed by atoms with Crippen LogP contribution < -0.4 is 10.2 Å². The Morgan fingerprint density at radius 3 is 2.53 bits per heavy atom. The lowest BCUT2D eigenvalue weighted by molar-refractivity contribution is -0.914. The molecule has 1 heterocycles. The van der Waals surface area contributed by atoms with E-state index in [2.05, 4.69) is 42.7 Å². The van der Waals surface area contributed by atoms with E-state index in [-0.39, 0.29) is 11.6 Å². The number of fused-ring (bicyclic) bond motifs is 1. The minimum absolute atomic E-state index is 0.0334. The molecule has 6 nitrogen and oxygen atoms in total. The van der Waals surface area contributed by atoms with Crippen LogP contribution in [0, 0.1) is 10.1 Å². The van der Waals surface area contributed by atoms with Crippen LogP contribution in [0.1, 0.15) is 33.1 Å². The molecule has 1 unspecified atom stereocenters. The number of nitrogens with one attached hydrogen (secondary N) is 2. The molecule has 0 bridgehead atoms. The summed E-state index contributed by atoms with van der Waals surface area (Å²) in [6, 6.07) is 22.4. The monoisotopic (exact) mass is 402 g/mol. The van der Waals surface area contributed by atoms with E-state index in [0.29, 0.717) is 11.6 Å². The molecule has 6 heteroatoms. The van der Waals surface area contributed by atoms with Gasteiger partial charge in [0.05, 0.1) is 18.5 Å². The van der Waals surface area contributed by atoms with Gasteiger partial charge in [-0.15, -0.1) is 0 Å². The lowest BCUT2D eigenvalue weighted by Crippen LogP contribution is -3.10.